The molecule has 2 rings (SSSR count). The second-order valence-electron chi connectivity index (χ2n) is 3.56. The molecule has 16 heavy (non-hydrogen) atoms. The molecule has 2 aromatic carbocycles. The summed E-state index contributed by atoms with van der Waals surface area (Å²) >= 11 is 0. The molecule has 0 saturated carbocycles. The van der Waals surface area contributed by atoms with E-state index in [9.17, 15) is 9.50 Å². The monoisotopic (exact) mass is 217 g/mol. The van der Waals surface area contributed by atoms with Gasteiger partial charge < -0.3 is 10.8 Å². The van der Waals surface area contributed by atoms with Crippen molar-refractivity contribution in [2.45, 2.75) is 6.54 Å². The molecule has 82 valence electrons. The van der Waals surface area contributed by atoms with E-state index in [-0.39, 0.29) is 11.6 Å². The first kappa shape index (κ1) is 10.6. The molecule has 0 aliphatic carbocycles. The zero-order chi connectivity index (χ0) is 11.5. The van der Waals surface area contributed by atoms with E-state index in [2.05, 4.69) is 0 Å². The summed E-state index contributed by atoms with van der Waals surface area (Å²) in [6.45, 7) is 0.411. The standard InChI is InChI=1S/C13H12FNO/c14-11-4-2-10(3-5-11)12-7-9(8-15)1-6-13(12)16/h1-7,16H,8,15H2. The highest BCUT2D eigenvalue weighted by Crippen LogP contribution is 2.29. The fourth-order valence-corrected chi connectivity index (χ4v) is 1.57. The number of nitrogens with two attached hydrogens (primary N) is 1. The molecule has 0 saturated heterocycles. The Hall–Kier alpha value is -1.87. The van der Waals surface area contributed by atoms with Crippen LogP contribution in [0.15, 0.2) is 42.5 Å². The second kappa shape index (κ2) is 4.33. The first-order valence-electron chi connectivity index (χ1n) is 4.98. The van der Waals surface area contributed by atoms with E-state index in [1.165, 1.54) is 12.1 Å². The van der Waals surface area contributed by atoms with Gasteiger partial charge in [0.05, 0.1) is 0 Å². The van der Waals surface area contributed by atoms with E-state index in [4.69, 9.17) is 5.73 Å². The van der Waals surface area contributed by atoms with Crippen LogP contribution in [-0.4, -0.2) is 5.11 Å². The minimum Gasteiger partial charge on any atom is -0.507 e. The minimum atomic E-state index is -0.293. The highest BCUT2D eigenvalue weighted by atomic mass is 19.1. The Bertz CT molecular complexity index is 494. The SMILES string of the molecule is NCc1ccc(O)c(-c2ccc(F)cc2)c1. The molecule has 0 atom stereocenters. The van der Waals surface area contributed by atoms with E-state index in [1.54, 1.807) is 24.3 Å². The third-order valence-corrected chi connectivity index (χ3v) is 2.45. The Balaban J connectivity index is 2.50. The van der Waals surface area contributed by atoms with Gasteiger partial charge in [-0.05, 0) is 35.4 Å². The van der Waals surface area contributed by atoms with Crippen LogP contribution in [0, 0.1) is 5.82 Å². The fourth-order valence-electron chi connectivity index (χ4n) is 1.57. The van der Waals surface area contributed by atoms with Gasteiger partial charge in [-0.15, -0.1) is 0 Å². The van der Waals surface area contributed by atoms with Crippen molar-refractivity contribution in [2.24, 2.45) is 5.73 Å². The summed E-state index contributed by atoms with van der Waals surface area (Å²) in [5.41, 5.74) is 7.90. The number of hydrogen-bond acceptors (Lipinski definition) is 2. The largest absolute Gasteiger partial charge is 0.507 e. The van der Waals surface area contributed by atoms with Gasteiger partial charge in [0, 0.05) is 12.1 Å². The molecule has 0 radical (unpaired) electrons. The van der Waals surface area contributed by atoms with Crippen LogP contribution >= 0.6 is 0 Å². The topological polar surface area (TPSA) is 46.2 Å². The van der Waals surface area contributed by atoms with Gasteiger partial charge in [-0.3, -0.25) is 0 Å². The predicted molar refractivity (Wildman–Crippen MR) is 61.4 cm³/mol. The van der Waals surface area contributed by atoms with Crippen LogP contribution in [0.5, 0.6) is 5.75 Å². The predicted octanol–water partition coefficient (Wildman–Crippen LogP) is 2.66. The average molecular weight is 217 g/mol. The Morgan fingerprint density at radius 3 is 2.38 bits per heavy atom. The van der Waals surface area contributed by atoms with Gasteiger partial charge in [0.1, 0.15) is 11.6 Å². The quantitative estimate of drug-likeness (QED) is 0.812. The van der Waals surface area contributed by atoms with Crippen molar-refractivity contribution in [1.82, 2.24) is 0 Å². The average Bonchev–Trinajstić information content (AvgIpc) is 2.31. The van der Waals surface area contributed by atoms with Crippen LogP contribution in [0.1, 0.15) is 5.56 Å². The van der Waals surface area contributed by atoms with Crippen molar-refractivity contribution < 1.29 is 9.50 Å². The summed E-state index contributed by atoms with van der Waals surface area (Å²) < 4.78 is 12.8. The van der Waals surface area contributed by atoms with E-state index in [1.807, 2.05) is 6.07 Å². The van der Waals surface area contributed by atoms with E-state index < -0.39 is 0 Å². The zero-order valence-corrected chi connectivity index (χ0v) is 8.65. The third-order valence-electron chi connectivity index (χ3n) is 2.45. The highest BCUT2D eigenvalue weighted by molar-refractivity contribution is 5.70. The number of phenols is 1. The van der Waals surface area contributed by atoms with Crippen molar-refractivity contribution in [1.29, 1.82) is 0 Å². The molecule has 0 spiro atoms. The Morgan fingerprint density at radius 1 is 1.06 bits per heavy atom. The molecular formula is C13H12FNO. The van der Waals surface area contributed by atoms with Gasteiger partial charge in [0.2, 0.25) is 0 Å². The first-order chi connectivity index (χ1) is 7.70. The van der Waals surface area contributed by atoms with Gasteiger partial charge in [-0.2, -0.15) is 0 Å². The van der Waals surface area contributed by atoms with Crippen molar-refractivity contribution in [2.75, 3.05) is 0 Å². The Morgan fingerprint density at radius 2 is 1.75 bits per heavy atom. The maximum Gasteiger partial charge on any atom is 0.123 e. The van der Waals surface area contributed by atoms with E-state index >= 15 is 0 Å². The van der Waals surface area contributed by atoms with Crippen LogP contribution in [-0.2, 0) is 6.54 Å². The molecule has 0 aliphatic heterocycles. The smallest absolute Gasteiger partial charge is 0.123 e. The molecule has 0 fully saturated rings. The van der Waals surface area contributed by atoms with Crippen LogP contribution in [0.3, 0.4) is 0 Å². The number of halogens is 1. The molecule has 0 heterocycles. The maximum absolute atomic E-state index is 12.8. The number of hydrogen-bond donors (Lipinski definition) is 2. The summed E-state index contributed by atoms with van der Waals surface area (Å²) in [6.07, 6.45) is 0. The molecule has 0 amide bonds. The summed E-state index contributed by atoms with van der Waals surface area (Å²) in [7, 11) is 0. The first-order valence-corrected chi connectivity index (χ1v) is 4.98. The zero-order valence-electron chi connectivity index (χ0n) is 8.65. The normalized spacial score (nSPS) is 10.4. The lowest BCUT2D eigenvalue weighted by molar-refractivity contribution is 0.477. The summed E-state index contributed by atoms with van der Waals surface area (Å²) in [4.78, 5) is 0. The lowest BCUT2D eigenvalue weighted by Gasteiger charge is -2.06. The molecule has 0 aromatic heterocycles. The molecule has 3 heteroatoms. The third kappa shape index (κ3) is 2.04. The van der Waals surface area contributed by atoms with Crippen molar-refractivity contribution in [3.8, 4) is 16.9 Å². The second-order valence-corrected chi connectivity index (χ2v) is 3.56. The maximum atomic E-state index is 12.8. The lowest BCUT2D eigenvalue weighted by atomic mass is 10.0. The summed E-state index contributed by atoms with van der Waals surface area (Å²) in [6, 6.07) is 11.2. The van der Waals surface area contributed by atoms with Crippen LogP contribution < -0.4 is 5.73 Å². The van der Waals surface area contributed by atoms with Gasteiger partial charge in [0.15, 0.2) is 0 Å². The van der Waals surface area contributed by atoms with Crippen LogP contribution in [0.4, 0.5) is 4.39 Å². The molecule has 2 aromatic rings. The fraction of sp³-hybridized carbons (Fsp3) is 0.0769. The van der Waals surface area contributed by atoms with Gasteiger partial charge in [-0.25, -0.2) is 4.39 Å². The molecule has 2 nitrogen and oxygen atoms in total. The lowest BCUT2D eigenvalue weighted by Crippen LogP contribution is -1.96. The van der Waals surface area contributed by atoms with E-state index in [0.717, 1.165) is 11.1 Å². The van der Waals surface area contributed by atoms with Gasteiger partial charge in [0.25, 0.3) is 0 Å². The van der Waals surface area contributed by atoms with Crippen molar-refractivity contribution >= 4 is 0 Å². The van der Waals surface area contributed by atoms with E-state index in [0.29, 0.717) is 12.1 Å². The minimum absolute atomic E-state index is 0.170. The number of rotatable bonds is 2. The van der Waals surface area contributed by atoms with Gasteiger partial charge >= 0.3 is 0 Å². The summed E-state index contributed by atoms with van der Waals surface area (Å²) in [5.74, 6) is -0.123. The molecule has 0 aliphatic rings. The van der Waals surface area contributed by atoms with Crippen molar-refractivity contribution in [3.63, 3.8) is 0 Å². The van der Waals surface area contributed by atoms with Crippen molar-refractivity contribution in [3.05, 3.63) is 53.8 Å². The molecular weight excluding hydrogens is 205 g/mol. The van der Waals surface area contributed by atoms with Crippen LogP contribution in [0.25, 0.3) is 11.1 Å². The van der Waals surface area contributed by atoms with Gasteiger partial charge in [-0.1, -0.05) is 18.2 Å². The Labute approximate surface area is 93.2 Å². The molecule has 0 bridgehead atoms. The highest BCUT2D eigenvalue weighted by Gasteiger charge is 2.05. The Kier molecular flexibility index (Phi) is 2.88. The molecule has 0 unspecified atom stereocenters. The number of benzene rings is 2. The molecule has 3 N–H and O–H groups in total. The number of aromatic hydroxyl groups is 1. The number of phenolic OH excluding ortho intramolecular Hbond substituents is 1. The van der Waals surface area contributed by atoms with Crippen LogP contribution in [0.2, 0.25) is 0 Å². The summed E-state index contributed by atoms with van der Waals surface area (Å²) in [5, 5.41) is 9.72.